The van der Waals surface area contributed by atoms with Gasteiger partial charge in [-0.3, -0.25) is 0 Å². The molecule has 1 aromatic carbocycles. The molecule has 0 fully saturated rings. The average Bonchev–Trinajstić information content (AvgIpc) is 2.88. The Labute approximate surface area is 112 Å². The lowest BCUT2D eigenvalue weighted by Crippen LogP contribution is -2.18. The average molecular weight is 287 g/mol. The van der Waals surface area contributed by atoms with Gasteiger partial charge in [-0.15, -0.1) is 5.10 Å². The van der Waals surface area contributed by atoms with Gasteiger partial charge < -0.3 is 5.32 Å². The molecular formula is C12H12F3N3S. The van der Waals surface area contributed by atoms with E-state index in [1.54, 1.807) is 0 Å². The summed E-state index contributed by atoms with van der Waals surface area (Å²) in [6.45, 7) is 2.43. The minimum Gasteiger partial charge on any atom is -0.304 e. The summed E-state index contributed by atoms with van der Waals surface area (Å²) in [7, 11) is 0. The van der Waals surface area contributed by atoms with Crippen LogP contribution in [0.15, 0.2) is 29.6 Å². The maximum Gasteiger partial charge on any atom is 0.416 e. The summed E-state index contributed by atoms with van der Waals surface area (Å²) in [6, 6.07) is 5.11. The minimum absolute atomic E-state index is 0.0519. The van der Waals surface area contributed by atoms with E-state index in [9.17, 15) is 13.2 Å². The Balaban J connectivity index is 1.97. The molecule has 0 saturated heterocycles. The van der Waals surface area contributed by atoms with Crippen molar-refractivity contribution in [2.45, 2.75) is 25.7 Å². The highest BCUT2D eigenvalue weighted by Crippen LogP contribution is 2.29. The number of nitrogens with zero attached hydrogens (tertiary/aromatic N) is 2. The molecule has 0 aliphatic rings. The van der Waals surface area contributed by atoms with Gasteiger partial charge in [0.1, 0.15) is 0 Å². The van der Waals surface area contributed by atoms with E-state index in [0.29, 0.717) is 6.54 Å². The predicted octanol–water partition coefficient (Wildman–Crippen LogP) is 3.41. The van der Waals surface area contributed by atoms with Crippen LogP contribution in [-0.4, -0.2) is 9.59 Å². The number of nitrogens with one attached hydrogen (secondary N) is 1. The molecule has 0 amide bonds. The highest BCUT2D eigenvalue weighted by molar-refractivity contribution is 7.03. The molecule has 0 radical (unpaired) electrons. The monoisotopic (exact) mass is 287 g/mol. The van der Waals surface area contributed by atoms with Crippen molar-refractivity contribution in [3.8, 4) is 0 Å². The summed E-state index contributed by atoms with van der Waals surface area (Å²) in [5.41, 5.74) is 0.993. The third-order valence-electron chi connectivity index (χ3n) is 2.73. The first-order valence-electron chi connectivity index (χ1n) is 5.63. The van der Waals surface area contributed by atoms with Crippen molar-refractivity contribution in [3.05, 3.63) is 46.5 Å². The van der Waals surface area contributed by atoms with Crippen molar-refractivity contribution in [2.75, 3.05) is 0 Å². The molecule has 102 valence electrons. The van der Waals surface area contributed by atoms with Gasteiger partial charge >= 0.3 is 6.18 Å². The molecule has 1 aromatic heterocycles. The van der Waals surface area contributed by atoms with Gasteiger partial charge in [-0.25, -0.2) is 0 Å². The largest absolute Gasteiger partial charge is 0.416 e. The van der Waals surface area contributed by atoms with Crippen molar-refractivity contribution in [2.24, 2.45) is 0 Å². The Kier molecular flexibility index (Phi) is 4.16. The van der Waals surface area contributed by atoms with Gasteiger partial charge in [0, 0.05) is 18.0 Å². The van der Waals surface area contributed by atoms with Gasteiger partial charge in [-0.2, -0.15) is 13.2 Å². The highest BCUT2D eigenvalue weighted by atomic mass is 32.1. The van der Waals surface area contributed by atoms with E-state index >= 15 is 0 Å². The molecule has 0 bridgehead atoms. The number of aromatic nitrogens is 2. The molecule has 1 heterocycles. The van der Waals surface area contributed by atoms with E-state index in [1.807, 2.05) is 12.3 Å². The van der Waals surface area contributed by atoms with E-state index in [1.165, 1.54) is 23.7 Å². The van der Waals surface area contributed by atoms with Gasteiger partial charge in [0.25, 0.3) is 0 Å². The molecule has 7 heteroatoms. The van der Waals surface area contributed by atoms with E-state index in [2.05, 4.69) is 14.9 Å². The molecule has 1 atom stereocenters. The van der Waals surface area contributed by atoms with E-state index < -0.39 is 11.7 Å². The Hall–Kier alpha value is -1.47. The van der Waals surface area contributed by atoms with Crippen LogP contribution >= 0.6 is 11.5 Å². The van der Waals surface area contributed by atoms with Crippen LogP contribution in [0.3, 0.4) is 0 Å². The Bertz CT molecular complexity index is 508. The van der Waals surface area contributed by atoms with Crippen LogP contribution in [0.4, 0.5) is 13.2 Å². The topological polar surface area (TPSA) is 37.8 Å². The second-order valence-corrected chi connectivity index (χ2v) is 4.73. The molecule has 2 rings (SSSR count). The van der Waals surface area contributed by atoms with E-state index in [0.717, 1.165) is 23.4 Å². The minimum atomic E-state index is -4.29. The first kappa shape index (κ1) is 14.0. The predicted molar refractivity (Wildman–Crippen MR) is 66.6 cm³/mol. The number of hydrogen-bond acceptors (Lipinski definition) is 4. The number of rotatable bonds is 4. The van der Waals surface area contributed by atoms with Gasteiger partial charge in [0.2, 0.25) is 0 Å². The first-order valence-corrected chi connectivity index (χ1v) is 6.47. The van der Waals surface area contributed by atoms with Crippen molar-refractivity contribution < 1.29 is 13.2 Å². The van der Waals surface area contributed by atoms with Crippen LogP contribution in [-0.2, 0) is 12.7 Å². The SMILES string of the molecule is CC(NCc1csnn1)c1ccc(C(F)(F)F)cc1. The molecule has 0 spiro atoms. The molecule has 2 aromatic rings. The van der Waals surface area contributed by atoms with Crippen LogP contribution in [0.5, 0.6) is 0 Å². The Morgan fingerprint density at radius 1 is 1.26 bits per heavy atom. The lowest BCUT2D eigenvalue weighted by molar-refractivity contribution is -0.137. The summed E-state index contributed by atoms with van der Waals surface area (Å²) in [5.74, 6) is 0. The van der Waals surface area contributed by atoms with Gasteiger partial charge in [0.15, 0.2) is 0 Å². The third kappa shape index (κ3) is 3.74. The normalized spacial score (nSPS) is 13.5. The zero-order valence-electron chi connectivity index (χ0n) is 10.1. The second-order valence-electron chi connectivity index (χ2n) is 4.12. The van der Waals surface area contributed by atoms with Crippen molar-refractivity contribution >= 4 is 11.5 Å². The van der Waals surface area contributed by atoms with Gasteiger partial charge in [-0.05, 0) is 36.2 Å². The van der Waals surface area contributed by atoms with Crippen LogP contribution in [0.1, 0.15) is 29.8 Å². The van der Waals surface area contributed by atoms with E-state index in [4.69, 9.17) is 0 Å². The number of benzene rings is 1. The quantitative estimate of drug-likeness (QED) is 0.936. The Morgan fingerprint density at radius 3 is 2.47 bits per heavy atom. The molecule has 3 nitrogen and oxygen atoms in total. The molecular weight excluding hydrogens is 275 g/mol. The molecule has 1 N–H and O–H groups in total. The van der Waals surface area contributed by atoms with Gasteiger partial charge in [0.05, 0.1) is 11.3 Å². The Morgan fingerprint density at radius 2 is 1.95 bits per heavy atom. The smallest absolute Gasteiger partial charge is 0.304 e. The number of alkyl halides is 3. The lowest BCUT2D eigenvalue weighted by atomic mass is 10.1. The van der Waals surface area contributed by atoms with Crippen LogP contribution < -0.4 is 5.32 Å². The summed E-state index contributed by atoms with van der Waals surface area (Å²) in [5, 5.41) is 8.89. The van der Waals surface area contributed by atoms with Gasteiger partial charge in [-0.1, -0.05) is 16.6 Å². The third-order valence-corrected chi connectivity index (χ3v) is 3.29. The first-order chi connectivity index (χ1) is 8.97. The summed E-state index contributed by atoms with van der Waals surface area (Å²) in [6.07, 6.45) is -4.29. The molecule has 0 saturated carbocycles. The second kappa shape index (κ2) is 5.66. The van der Waals surface area contributed by atoms with Crippen LogP contribution in [0, 0.1) is 0 Å². The molecule has 0 aliphatic heterocycles. The van der Waals surface area contributed by atoms with E-state index in [-0.39, 0.29) is 6.04 Å². The maximum atomic E-state index is 12.4. The lowest BCUT2D eigenvalue weighted by Gasteiger charge is -2.14. The maximum absolute atomic E-state index is 12.4. The standard InChI is InChI=1S/C12H12F3N3S/c1-8(16-6-11-7-19-18-17-11)9-2-4-10(5-3-9)12(13,14)15/h2-5,7-8,16H,6H2,1H3. The summed E-state index contributed by atoms with van der Waals surface area (Å²) in [4.78, 5) is 0. The van der Waals surface area contributed by atoms with Crippen molar-refractivity contribution in [3.63, 3.8) is 0 Å². The molecule has 1 unspecified atom stereocenters. The van der Waals surface area contributed by atoms with Crippen LogP contribution in [0.25, 0.3) is 0 Å². The highest BCUT2D eigenvalue weighted by Gasteiger charge is 2.30. The summed E-state index contributed by atoms with van der Waals surface area (Å²) >= 11 is 1.27. The fraction of sp³-hybridized carbons (Fsp3) is 0.333. The number of hydrogen-bond donors (Lipinski definition) is 1. The number of halogens is 3. The fourth-order valence-corrected chi connectivity index (χ4v) is 2.05. The molecule has 0 aliphatic carbocycles. The van der Waals surface area contributed by atoms with Crippen LogP contribution in [0.2, 0.25) is 0 Å². The zero-order valence-corrected chi connectivity index (χ0v) is 10.9. The van der Waals surface area contributed by atoms with Crippen molar-refractivity contribution in [1.29, 1.82) is 0 Å². The summed E-state index contributed by atoms with van der Waals surface area (Å²) < 4.78 is 41.0. The molecule has 19 heavy (non-hydrogen) atoms. The fourth-order valence-electron chi connectivity index (χ4n) is 1.60. The van der Waals surface area contributed by atoms with Crippen molar-refractivity contribution in [1.82, 2.24) is 14.9 Å². The zero-order chi connectivity index (χ0) is 13.9.